The lowest BCUT2D eigenvalue weighted by Crippen LogP contribution is -2.52. The molecule has 2 aromatic carbocycles. The second-order valence-corrected chi connectivity index (χ2v) is 11.0. The van der Waals surface area contributed by atoms with E-state index in [2.05, 4.69) is 21.2 Å². The van der Waals surface area contributed by atoms with Crippen LogP contribution >= 0.6 is 27.5 Å². The molecule has 0 aliphatic rings. The minimum atomic E-state index is -3.76. The average molecular weight is 545 g/mol. The number of halogens is 2. The zero-order valence-electron chi connectivity index (χ0n) is 18.4. The second kappa shape index (κ2) is 11.2. The highest BCUT2D eigenvalue weighted by Crippen LogP contribution is 2.23. The van der Waals surface area contributed by atoms with Gasteiger partial charge in [-0.15, -0.1) is 0 Å². The highest BCUT2D eigenvalue weighted by molar-refractivity contribution is 9.10. The number of nitrogens with zero attached hydrogens (tertiary/aromatic N) is 2. The van der Waals surface area contributed by atoms with E-state index >= 15 is 0 Å². The fourth-order valence-electron chi connectivity index (χ4n) is 3.02. The number of anilines is 1. The number of benzene rings is 2. The third kappa shape index (κ3) is 7.50. The van der Waals surface area contributed by atoms with E-state index in [1.54, 1.807) is 55.5 Å². The van der Waals surface area contributed by atoms with Gasteiger partial charge >= 0.3 is 0 Å². The highest BCUT2D eigenvalue weighted by atomic mass is 79.9. The van der Waals surface area contributed by atoms with Crippen LogP contribution in [0.2, 0.25) is 5.02 Å². The molecule has 1 unspecified atom stereocenters. The van der Waals surface area contributed by atoms with Crippen molar-refractivity contribution in [3.05, 3.63) is 63.6 Å². The minimum Gasteiger partial charge on any atom is -0.352 e. The molecule has 0 radical (unpaired) electrons. The molecule has 32 heavy (non-hydrogen) atoms. The van der Waals surface area contributed by atoms with Crippen LogP contribution in [0.1, 0.15) is 26.3 Å². The second-order valence-electron chi connectivity index (χ2n) is 7.74. The van der Waals surface area contributed by atoms with Gasteiger partial charge in [0.2, 0.25) is 21.8 Å². The molecule has 2 aromatic rings. The molecule has 0 aromatic heterocycles. The zero-order chi connectivity index (χ0) is 24.1. The number of carbonyl (C=O) groups excluding carboxylic acids is 2. The van der Waals surface area contributed by atoms with Crippen LogP contribution in [0.4, 0.5) is 5.69 Å². The lowest BCUT2D eigenvalue weighted by molar-refractivity contribution is -0.139. The standard InChI is InChI=1S/C22H27BrClN3O4S/c1-15(2)25-22(29)16(3)26(13-17-8-10-19(24)11-9-17)21(28)14-27(32(4,30)31)20-7-5-6-18(23)12-20/h5-12,15-16H,13-14H2,1-4H3,(H,25,29). The van der Waals surface area contributed by atoms with Crippen molar-refractivity contribution in [2.24, 2.45) is 0 Å². The Morgan fingerprint density at radius 2 is 1.72 bits per heavy atom. The van der Waals surface area contributed by atoms with Crippen molar-refractivity contribution in [1.29, 1.82) is 0 Å². The van der Waals surface area contributed by atoms with E-state index in [1.165, 1.54) is 4.90 Å². The van der Waals surface area contributed by atoms with Crippen molar-refractivity contribution in [3.63, 3.8) is 0 Å². The molecule has 0 fully saturated rings. The molecule has 0 spiro atoms. The average Bonchev–Trinajstić information content (AvgIpc) is 2.69. The number of hydrogen-bond donors (Lipinski definition) is 1. The molecule has 0 heterocycles. The first kappa shape index (κ1) is 26.2. The Morgan fingerprint density at radius 1 is 1.09 bits per heavy atom. The maximum absolute atomic E-state index is 13.4. The summed E-state index contributed by atoms with van der Waals surface area (Å²) in [5.74, 6) is -0.826. The van der Waals surface area contributed by atoms with Crippen LogP contribution in [-0.2, 0) is 26.2 Å². The quantitative estimate of drug-likeness (QED) is 0.520. The van der Waals surface area contributed by atoms with Gasteiger partial charge in [0, 0.05) is 22.1 Å². The van der Waals surface area contributed by atoms with Crippen molar-refractivity contribution in [1.82, 2.24) is 10.2 Å². The summed E-state index contributed by atoms with van der Waals surface area (Å²) in [4.78, 5) is 27.4. The number of rotatable bonds is 9. The van der Waals surface area contributed by atoms with E-state index in [1.807, 2.05) is 13.8 Å². The van der Waals surface area contributed by atoms with Crippen molar-refractivity contribution in [3.8, 4) is 0 Å². The summed E-state index contributed by atoms with van der Waals surface area (Å²) in [7, 11) is -3.76. The SMILES string of the molecule is CC(C)NC(=O)C(C)N(Cc1ccc(Cl)cc1)C(=O)CN(c1cccc(Br)c1)S(C)(=O)=O. The molecule has 0 saturated heterocycles. The summed E-state index contributed by atoms with van der Waals surface area (Å²) in [5.41, 5.74) is 1.11. The fraction of sp³-hybridized carbons (Fsp3) is 0.364. The van der Waals surface area contributed by atoms with Gasteiger partial charge in [-0.2, -0.15) is 0 Å². The molecule has 0 bridgehead atoms. The van der Waals surface area contributed by atoms with E-state index < -0.39 is 28.5 Å². The van der Waals surface area contributed by atoms with E-state index in [4.69, 9.17) is 11.6 Å². The van der Waals surface area contributed by atoms with E-state index in [9.17, 15) is 18.0 Å². The Morgan fingerprint density at radius 3 is 2.25 bits per heavy atom. The van der Waals surface area contributed by atoms with Crippen LogP contribution in [0.15, 0.2) is 53.0 Å². The van der Waals surface area contributed by atoms with Crippen LogP contribution in [0, 0.1) is 0 Å². The van der Waals surface area contributed by atoms with E-state index in [0.29, 0.717) is 15.2 Å². The Hall–Kier alpha value is -2.10. The molecule has 7 nitrogen and oxygen atoms in total. The lowest BCUT2D eigenvalue weighted by atomic mass is 10.1. The summed E-state index contributed by atoms with van der Waals surface area (Å²) in [6.07, 6.45) is 1.04. The Kier molecular flexibility index (Phi) is 9.12. The summed E-state index contributed by atoms with van der Waals surface area (Å²) < 4.78 is 26.7. The molecule has 1 N–H and O–H groups in total. The Balaban J connectivity index is 2.38. The molecule has 0 saturated carbocycles. The fourth-order valence-corrected chi connectivity index (χ4v) is 4.37. The van der Waals surface area contributed by atoms with Gasteiger partial charge in [-0.1, -0.05) is 45.7 Å². The maximum Gasteiger partial charge on any atom is 0.244 e. The lowest BCUT2D eigenvalue weighted by Gasteiger charge is -2.32. The maximum atomic E-state index is 13.4. The third-order valence-corrected chi connectivity index (χ3v) is 6.53. The smallest absolute Gasteiger partial charge is 0.244 e. The normalized spacial score (nSPS) is 12.3. The van der Waals surface area contributed by atoms with Gasteiger partial charge in [-0.05, 0) is 56.7 Å². The van der Waals surface area contributed by atoms with Crippen LogP contribution in [0.3, 0.4) is 0 Å². The summed E-state index contributed by atoms with van der Waals surface area (Å²) in [5, 5.41) is 3.35. The largest absolute Gasteiger partial charge is 0.352 e. The van der Waals surface area contributed by atoms with Crippen LogP contribution in [0.25, 0.3) is 0 Å². The van der Waals surface area contributed by atoms with Crippen molar-refractivity contribution >= 4 is 55.1 Å². The highest BCUT2D eigenvalue weighted by Gasteiger charge is 2.30. The molecular weight excluding hydrogens is 518 g/mol. The number of sulfonamides is 1. The molecule has 2 amide bonds. The van der Waals surface area contributed by atoms with Crippen molar-refractivity contribution in [2.75, 3.05) is 17.1 Å². The van der Waals surface area contributed by atoms with Gasteiger partial charge in [-0.3, -0.25) is 13.9 Å². The third-order valence-electron chi connectivity index (χ3n) is 4.64. The number of nitrogens with one attached hydrogen (secondary N) is 1. The molecule has 174 valence electrons. The Labute approximate surface area is 202 Å². The summed E-state index contributed by atoms with van der Waals surface area (Å²) >= 11 is 9.29. The molecular formula is C22H27BrClN3O4S. The van der Waals surface area contributed by atoms with Crippen molar-refractivity contribution < 1.29 is 18.0 Å². The first-order chi connectivity index (χ1) is 14.9. The monoisotopic (exact) mass is 543 g/mol. The number of amides is 2. The molecule has 0 aliphatic heterocycles. The van der Waals surface area contributed by atoms with Gasteiger partial charge in [-0.25, -0.2) is 8.42 Å². The Bertz CT molecular complexity index is 1060. The predicted octanol–water partition coefficient (Wildman–Crippen LogP) is 3.81. The van der Waals surface area contributed by atoms with E-state index in [0.717, 1.165) is 16.1 Å². The summed E-state index contributed by atoms with van der Waals surface area (Å²) in [6.45, 7) is 4.96. The van der Waals surface area contributed by atoms with Gasteiger partial charge in [0.15, 0.2) is 0 Å². The van der Waals surface area contributed by atoms with Crippen molar-refractivity contribution in [2.45, 2.75) is 39.4 Å². The van der Waals surface area contributed by atoms with E-state index in [-0.39, 0.29) is 18.5 Å². The minimum absolute atomic E-state index is 0.105. The molecule has 1 atom stereocenters. The van der Waals surface area contributed by atoms with Crippen LogP contribution in [-0.4, -0.2) is 50.0 Å². The van der Waals surface area contributed by atoms with Gasteiger partial charge in [0.25, 0.3) is 0 Å². The zero-order valence-corrected chi connectivity index (χ0v) is 21.5. The molecule has 0 aliphatic carbocycles. The van der Waals surface area contributed by atoms with Crippen LogP contribution in [0.5, 0.6) is 0 Å². The number of carbonyl (C=O) groups is 2. The molecule has 2 rings (SSSR count). The van der Waals surface area contributed by atoms with Gasteiger partial charge in [0.05, 0.1) is 11.9 Å². The first-order valence-corrected chi connectivity index (χ1v) is 13.0. The van der Waals surface area contributed by atoms with Crippen LogP contribution < -0.4 is 9.62 Å². The molecule has 10 heteroatoms. The van der Waals surface area contributed by atoms with Gasteiger partial charge in [0.1, 0.15) is 12.6 Å². The first-order valence-electron chi connectivity index (χ1n) is 9.96. The summed E-state index contributed by atoms with van der Waals surface area (Å²) in [6, 6.07) is 12.7. The predicted molar refractivity (Wildman–Crippen MR) is 131 cm³/mol. The number of hydrogen-bond acceptors (Lipinski definition) is 4. The van der Waals surface area contributed by atoms with Gasteiger partial charge < -0.3 is 10.2 Å². The topological polar surface area (TPSA) is 86.8 Å².